The van der Waals surface area contributed by atoms with Crippen LogP contribution in [0.5, 0.6) is 5.75 Å². The maximum Gasteiger partial charge on any atom is 0.270 e. The fourth-order valence-electron chi connectivity index (χ4n) is 2.43. The molecule has 1 saturated heterocycles. The average Bonchev–Trinajstić information content (AvgIpc) is 2.94. The Balaban J connectivity index is 1.83. The number of benzene rings is 2. The third-order valence-electron chi connectivity index (χ3n) is 3.68. The highest BCUT2D eigenvalue weighted by molar-refractivity contribution is 8.27. The van der Waals surface area contributed by atoms with Crippen LogP contribution in [0.3, 0.4) is 0 Å². The number of ether oxygens (including phenoxy) is 1. The second kappa shape index (κ2) is 8.20. The number of amides is 1. The minimum absolute atomic E-state index is 0.0133. The number of carbonyl (C=O) groups is 2. The molecular weight excluding hydrogens is 382 g/mol. The fraction of sp³-hybridized carbons (Fsp3) is 0.0500. The summed E-state index contributed by atoms with van der Waals surface area (Å²) in [4.78, 5) is 25.6. The van der Waals surface area contributed by atoms with E-state index in [1.54, 1.807) is 36.4 Å². The molecule has 0 aliphatic carbocycles. The monoisotopic (exact) mass is 396 g/mol. The lowest BCUT2D eigenvalue weighted by Gasteiger charge is -2.15. The number of thiocarbonyl (C=S) groups is 1. The van der Waals surface area contributed by atoms with E-state index in [1.165, 1.54) is 28.8 Å². The number of hydrogen-bond acceptors (Lipinski definition) is 6. The van der Waals surface area contributed by atoms with Crippen LogP contribution in [0.25, 0.3) is 6.08 Å². The highest BCUT2D eigenvalue weighted by Crippen LogP contribution is 2.36. The third-order valence-corrected chi connectivity index (χ3v) is 4.98. The molecule has 0 spiro atoms. The van der Waals surface area contributed by atoms with Gasteiger partial charge in [0.2, 0.25) is 0 Å². The van der Waals surface area contributed by atoms with Crippen molar-refractivity contribution in [3.05, 3.63) is 77.2 Å². The van der Waals surface area contributed by atoms with Gasteiger partial charge in [0.25, 0.3) is 5.91 Å². The average molecular weight is 396 g/mol. The Hall–Kier alpha value is -2.90. The Bertz CT molecular complexity index is 951. The van der Waals surface area contributed by atoms with Gasteiger partial charge in [0.1, 0.15) is 12.4 Å². The normalized spacial score (nSPS) is 15.3. The van der Waals surface area contributed by atoms with Crippen LogP contribution in [-0.4, -0.2) is 22.8 Å². The zero-order chi connectivity index (χ0) is 19.4. The Labute approximate surface area is 165 Å². The molecule has 2 aromatic carbocycles. The van der Waals surface area contributed by atoms with Gasteiger partial charge in [-0.2, -0.15) is 0 Å². The molecule has 0 unspecified atom stereocenters. The van der Waals surface area contributed by atoms with Crippen molar-refractivity contribution in [1.29, 1.82) is 0 Å². The Morgan fingerprint density at radius 2 is 2.00 bits per heavy atom. The van der Waals surface area contributed by atoms with Gasteiger partial charge in [-0.1, -0.05) is 60.9 Å². The van der Waals surface area contributed by atoms with Crippen LogP contribution in [0, 0.1) is 0 Å². The topological polar surface area (TPSA) is 69.7 Å². The molecule has 1 heterocycles. The van der Waals surface area contributed by atoms with Crippen LogP contribution < -0.4 is 14.7 Å². The van der Waals surface area contributed by atoms with Gasteiger partial charge in [-0.3, -0.25) is 9.69 Å². The van der Waals surface area contributed by atoms with Crippen LogP contribution in [0.4, 0.5) is 5.69 Å². The smallest absolute Gasteiger partial charge is 0.270 e. The van der Waals surface area contributed by atoms with E-state index >= 15 is 0 Å². The molecule has 0 aromatic heterocycles. The largest absolute Gasteiger partial charge is 0.545 e. The van der Waals surface area contributed by atoms with Gasteiger partial charge in [-0.15, -0.1) is 0 Å². The van der Waals surface area contributed by atoms with Crippen molar-refractivity contribution in [3.63, 3.8) is 0 Å². The lowest BCUT2D eigenvalue weighted by molar-refractivity contribution is -0.255. The molecule has 0 N–H and O–H groups in total. The number of rotatable bonds is 6. The molecule has 0 atom stereocenters. The number of anilines is 1. The molecule has 1 fully saturated rings. The van der Waals surface area contributed by atoms with E-state index in [9.17, 15) is 14.7 Å². The van der Waals surface area contributed by atoms with E-state index in [1.807, 2.05) is 12.1 Å². The summed E-state index contributed by atoms with van der Waals surface area (Å²) < 4.78 is 5.77. The maximum atomic E-state index is 12.8. The molecule has 2 aromatic rings. The molecule has 1 aliphatic rings. The summed E-state index contributed by atoms with van der Waals surface area (Å²) in [5.41, 5.74) is 1.21. The molecular formula is C20H14NO4S2-. The summed E-state index contributed by atoms with van der Waals surface area (Å²) in [6.07, 6.45) is 3.40. The summed E-state index contributed by atoms with van der Waals surface area (Å²) in [7, 11) is 0. The van der Waals surface area contributed by atoms with E-state index in [4.69, 9.17) is 17.0 Å². The summed E-state index contributed by atoms with van der Waals surface area (Å²) in [5, 5.41) is 11.1. The standard InChI is InChI=1S/C20H15NO4S2/c1-2-10-25-16-8-6-13(7-9-16)11-17-18(22)21(20(26)27-17)15-5-3-4-14(12-15)19(23)24/h2-9,11-12H,1,10H2,(H,23,24)/p-1/b17-11-. The predicted octanol–water partition coefficient (Wildman–Crippen LogP) is 3.02. The first-order valence-electron chi connectivity index (χ1n) is 7.92. The zero-order valence-corrected chi connectivity index (χ0v) is 15.7. The van der Waals surface area contributed by atoms with Crippen molar-refractivity contribution in [2.75, 3.05) is 11.5 Å². The number of carboxylic acids is 1. The van der Waals surface area contributed by atoms with Crippen molar-refractivity contribution >= 4 is 51.9 Å². The van der Waals surface area contributed by atoms with Gasteiger partial charge in [0, 0.05) is 0 Å². The van der Waals surface area contributed by atoms with E-state index in [2.05, 4.69) is 6.58 Å². The molecule has 7 heteroatoms. The van der Waals surface area contributed by atoms with Crippen molar-refractivity contribution in [2.24, 2.45) is 0 Å². The summed E-state index contributed by atoms with van der Waals surface area (Å²) in [5.74, 6) is -0.900. The molecule has 0 saturated carbocycles. The number of nitrogens with zero attached hydrogens (tertiary/aromatic N) is 1. The van der Waals surface area contributed by atoms with Gasteiger partial charge < -0.3 is 14.6 Å². The summed E-state index contributed by atoms with van der Waals surface area (Å²) >= 11 is 6.47. The van der Waals surface area contributed by atoms with Crippen LogP contribution in [0.2, 0.25) is 0 Å². The Morgan fingerprint density at radius 3 is 2.67 bits per heavy atom. The molecule has 1 aliphatic heterocycles. The van der Waals surface area contributed by atoms with E-state index in [-0.39, 0.29) is 11.5 Å². The van der Waals surface area contributed by atoms with Crippen molar-refractivity contribution in [3.8, 4) is 5.75 Å². The Kier molecular flexibility index (Phi) is 5.73. The molecule has 27 heavy (non-hydrogen) atoms. The van der Waals surface area contributed by atoms with Gasteiger partial charge in [-0.05, 0) is 41.5 Å². The highest BCUT2D eigenvalue weighted by atomic mass is 32.2. The lowest BCUT2D eigenvalue weighted by atomic mass is 10.1. The van der Waals surface area contributed by atoms with Gasteiger partial charge in [0.05, 0.1) is 16.6 Å². The lowest BCUT2D eigenvalue weighted by Crippen LogP contribution is -2.28. The van der Waals surface area contributed by atoms with Crippen LogP contribution in [0.1, 0.15) is 15.9 Å². The molecule has 136 valence electrons. The number of thioether (sulfide) groups is 1. The maximum absolute atomic E-state index is 12.8. The minimum Gasteiger partial charge on any atom is -0.545 e. The number of hydrogen-bond donors (Lipinski definition) is 0. The second-order valence-corrected chi connectivity index (χ2v) is 7.20. The van der Waals surface area contributed by atoms with Gasteiger partial charge >= 0.3 is 0 Å². The highest BCUT2D eigenvalue weighted by Gasteiger charge is 2.33. The molecule has 1 amide bonds. The van der Waals surface area contributed by atoms with Crippen LogP contribution in [-0.2, 0) is 4.79 Å². The number of carboxylic acid groups (broad SMARTS) is 1. The van der Waals surface area contributed by atoms with Gasteiger partial charge in [-0.25, -0.2) is 0 Å². The van der Waals surface area contributed by atoms with Gasteiger partial charge in [0.15, 0.2) is 4.32 Å². The summed E-state index contributed by atoms with van der Waals surface area (Å²) in [6.45, 7) is 4.02. The third kappa shape index (κ3) is 4.27. The van der Waals surface area contributed by atoms with E-state index in [0.717, 1.165) is 5.56 Å². The SMILES string of the molecule is C=CCOc1ccc(/C=C2\SC(=S)N(c3cccc(C(=O)[O-])c3)C2=O)cc1. The zero-order valence-electron chi connectivity index (χ0n) is 14.1. The summed E-state index contributed by atoms with van der Waals surface area (Å²) in [6, 6.07) is 13.2. The van der Waals surface area contributed by atoms with Crippen molar-refractivity contribution in [2.45, 2.75) is 0 Å². The molecule has 0 radical (unpaired) electrons. The molecule has 0 bridgehead atoms. The first kappa shape index (κ1) is 18.9. The van der Waals surface area contributed by atoms with Crippen LogP contribution in [0.15, 0.2) is 66.1 Å². The van der Waals surface area contributed by atoms with E-state index in [0.29, 0.717) is 27.3 Å². The van der Waals surface area contributed by atoms with Crippen LogP contribution >= 0.6 is 24.0 Å². The second-order valence-electron chi connectivity index (χ2n) is 5.52. The van der Waals surface area contributed by atoms with Crippen molar-refractivity contribution < 1.29 is 19.4 Å². The first-order valence-corrected chi connectivity index (χ1v) is 9.15. The molecule has 3 rings (SSSR count). The first-order chi connectivity index (χ1) is 13.0. The number of aromatic carboxylic acids is 1. The minimum atomic E-state index is -1.31. The fourth-order valence-corrected chi connectivity index (χ4v) is 3.73. The quantitative estimate of drug-likeness (QED) is 0.425. The molecule has 5 nitrogen and oxygen atoms in total. The number of carbonyl (C=O) groups excluding carboxylic acids is 2. The Morgan fingerprint density at radius 1 is 1.26 bits per heavy atom. The predicted molar refractivity (Wildman–Crippen MR) is 109 cm³/mol. The van der Waals surface area contributed by atoms with Crippen molar-refractivity contribution in [1.82, 2.24) is 0 Å². The van der Waals surface area contributed by atoms with E-state index < -0.39 is 5.97 Å².